The van der Waals surface area contributed by atoms with Crippen LogP contribution >= 0.6 is 11.3 Å². The van der Waals surface area contributed by atoms with Gasteiger partial charge < -0.3 is 5.32 Å². The summed E-state index contributed by atoms with van der Waals surface area (Å²) in [7, 11) is 0. The molecule has 0 radical (unpaired) electrons. The van der Waals surface area contributed by atoms with E-state index in [-0.39, 0.29) is 5.91 Å². The number of carbonyl (C=O) groups excluding carboxylic acids is 2. The molecule has 1 heterocycles. The van der Waals surface area contributed by atoms with Gasteiger partial charge in [0.1, 0.15) is 0 Å². The van der Waals surface area contributed by atoms with Crippen molar-refractivity contribution in [3.63, 3.8) is 0 Å². The van der Waals surface area contributed by atoms with Gasteiger partial charge in [-0.2, -0.15) is 0 Å². The maximum atomic E-state index is 11.7. The van der Waals surface area contributed by atoms with Crippen LogP contribution in [0.25, 0.3) is 0 Å². The zero-order valence-corrected chi connectivity index (χ0v) is 11.2. The van der Waals surface area contributed by atoms with Gasteiger partial charge in [-0.05, 0) is 12.5 Å². The second kappa shape index (κ2) is 7.84. The summed E-state index contributed by atoms with van der Waals surface area (Å²) < 4.78 is 0. The average Bonchev–Trinajstić information content (AvgIpc) is 2.87. The van der Waals surface area contributed by atoms with Gasteiger partial charge in [0.25, 0.3) is 11.8 Å². The van der Waals surface area contributed by atoms with Crippen molar-refractivity contribution in [2.24, 2.45) is 0 Å². The molecule has 0 fully saturated rings. The van der Waals surface area contributed by atoms with Crippen molar-refractivity contribution in [3.05, 3.63) is 21.9 Å². The Bertz CT molecular complexity index is 404. The summed E-state index contributed by atoms with van der Waals surface area (Å²) in [6.07, 6.45) is 4.42. The molecule has 1 rings (SSSR count). The van der Waals surface area contributed by atoms with Crippen molar-refractivity contribution in [2.45, 2.75) is 32.6 Å². The predicted octanol–water partition coefficient (Wildman–Crippen LogP) is 2.18. The van der Waals surface area contributed by atoms with Gasteiger partial charge in [-0.15, -0.1) is 11.3 Å². The van der Waals surface area contributed by atoms with Crippen LogP contribution in [0.2, 0.25) is 0 Å². The summed E-state index contributed by atoms with van der Waals surface area (Å²) >= 11 is 1.13. The van der Waals surface area contributed by atoms with Crippen LogP contribution in [0, 0.1) is 0 Å². The molecule has 18 heavy (non-hydrogen) atoms. The highest BCUT2D eigenvalue weighted by molar-refractivity contribution is 7.12. The Morgan fingerprint density at radius 3 is 2.72 bits per heavy atom. The molecular weight excluding hydrogens is 252 g/mol. The molecule has 0 atom stereocenters. The fourth-order valence-electron chi connectivity index (χ4n) is 1.49. The van der Waals surface area contributed by atoms with Gasteiger partial charge in [0, 0.05) is 11.9 Å². The normalized spacial score (nSPS) is 10.1. The van der Waals surface area contributed by atoms with Gasteiger partial charge in [0.05, 0.1) is 10.4 Å². The minimum atomic E-state index is -0.595. The summed E-state index contributed by atoms with van der Waals surface area (Å²) in [4.78, 5) is 23.1. The summed E-state index contributed by atoms with van der Waals surface area (Å²) in [6, 6.07) is 1.47. The number of nitrogens with one attached hydrogen (secondary N) is 2. The van der Waals surface area contributed by atoms with Crippen LogP contribution in [0.5, 0.6) is 0 Å². The molecule has 0 aromatic carbocycles. The first-order valence-electron chi connectivity index (χ1n) is 6.00. The van der Waals surface area contributed by atoms with Crippen LogP contribution in [0.1, 0.15) is 52.6 Å². The van der Waals surface area contributed by atoms with Gasteiger partial charge in [0.2, 0.25) is 0 Å². The van der Waals surface area contributed by atoms with Crippen molar-refractivity contribution in [3.8, 4) is 0 Å². The Hall–Kier alpha value is -1.40. The van der Waals surface area contributed by atoms with E-state index < -0.39 is 5.91 Å². The van der Waals surface area contributed by atoms with Gasteiger partial charge in [-0.25, -0.2) is 5.48 Å². The number of hydrogen-bond donors (Lipinski definition) is 3. The van der Waals surface area contributed by atoms with Crippen LogP contribution in [0.4, 0.5) is 0 Å². The second-order valence-corrected chi connectivity index (χ2v) is 4.87. The fourth-order valence-corrected chi connectivity index (χ4v) is 2.26. The minimum absolute atomic E-state index is 0.181. The highest BCUT2D eigenvalue weighted by atomic mass is 32.1. The Morgan fingerprint density at radius 2 is 2.06 bits per heavy atom. The fraction of sp³-hybridized carbons (Fsp3) is 0.500. The van der Waals surface area contributed by atoms with Crippen LogP contribution < -0.4 is 10.8 Å². The van der Waals surface area contributed by atoms with E-state index in [1.54, 1.807) is 5.38 Å². The Balaban J connectivity index is 2.37. The van der Waals surface area contributed by atoms with Crippen LogP contribution in [0.3, 0.4) is 0 Å². The molecule has 5 nitrogen and oxygen atoms in total. The van der Waals surface area contributed by atoms with E-state index in [9.17, 15) is 9.59 Å². The van der Waals surface area contributed by atoms with E-state index in [1.807, 2.05) is 0 Å². The number of amides is 2. The van der Waals surface area contributed by atoms with E-state index in [1.165, 1.54) is 18.0 Å². The highest BCUT2D eigenvalue weighted by Crippen LogP contribution is 2.14. The van der Waals surface area contributed by atoms with Crippen LogP contribution in [0.15, 0.2) is 11.4 Å². The lowest BCUT2D eigenvalue weighted by Crippen LogP contribution is -2.24. The lowest BCUT2D eigenvalue weighted by atomic mass is 10.2. The van der Waals surface area contributed by atoms with Gasteiger partial charge in [0.15, 0.2) is 0 Å². The van der Waals surface area contributed by atoms with Crippen LogP contribution in [-0.2, 0) is 0 Å². The molecule has 3 N–H and O–H groups in total. The number of carbonyl (C=O) groups is 2. The lowest BCUT2D eigenvalue weighted by Gasteiger charge is -2.02. The van der Waals surface area contributed by atoms with E-state index in [0.29, 0.717) is 17.0 Å². The van der Waals surface area contributed by atoms with E-state index >= 15 is 0 Å². The first kappa shape index (κ1) is 14.7. The number of rotatable bonds is 7. The molecule has 0 saturated carbocycles. The smallest absolute Gasteiger partial charge is 0.284 e. The SMILES string of the molecule is CCCCCCNC(=O)c1csc(C(=O)NO)c1. The largest absolute Gasteiger partial charge is 0.352 e. The van der Waals surface area contributed by atoms with Gasteiger partial charge in [-0.1, -0.05) is 26.2 Å². The van der Waals surface area contributed by atoms with Crippen LogP contribution in [-0.4, -0.2) is 23.6 Å². The summed E-state index contributed by atoms with van der Waals surface area (Å²) in [5.41, 5.74) is 1.99. The zero-order chi connectivity index (χ0) is 13.4. The summed E-state index contributed by atoms with van der Waals surface area (Å²) in [5, 5.41) is 12.9. The molecule has 6 heteroatoms. The van der Waals surface area contributed by atoms with Crippen molar-refractivity contribution in [1.82, 2.24) is 10.8 Å². The molecule has 2 amide bonds. The maximum Gasteiger partial charge on any atom is 0.284 e. The second-order valence-electron chi connectivity index (χ2n) is 3.96. The first-order chi connectivity index (χ1) is 8.69. The molecule has 0 aliphatic heterocycles. The van der Waals surface area contributed by atoms with Gasteiger partial charge >= 0.3 is 0 Å². The molecule has 0 aliphatic carbocycles. The summed E-state index contributed by atoms with van der Waals surface area (Å²) in [5.74, 6) is -0.776. The topological polar surface area (TPSA) is 78.4 Å². The monoisotopic (exact) mass is 270 g/mol. The van der Waals surface area contributed by atoms with Crippen molar-refractivity contribution < 1.29 is 14.8 Å². The average molecular weight is 270 g/mol. The third kappa shape index (κ3) is 4.46. The number of thiophene rings is 1. The molecule has 100 valence electrons. The maximum absolute atomic E-state index is 11.7. The lowest BCUT2D eigenvalue weighted by molar-refractivity contribution is 0.0711. The van der Waals surface area contributed by atoms with E-state index in [4.69, 9.17) is 5.21 Å². The first-order valence-corrected chi connectivity index (χ1v) is 6.88. The third-order valence-electron chi connectivity index (χ3n) is 2.50. The standard InChI is InChI=1S/C12H18N2O3S/c1-2-3-4-5-6-13-11(15)9-7-10(18-8-9)12(16)14-17/h7-8,17H,2-6H2,1H3,(H,13,15)(H,14,16). The molecule has 0 aliphatic rings. The zero-order valence-electron chi connectivity index (χ0n) is 10.4. The van der Waals surface area contributed by atoms with Gasteiger partial charge in [-0.3, -0.25) is 14.8 Å². The van der Waals surface area contributed by atoms with E-state index in [0.717, 1.165) is 30.6 Å². The number of hydroxylamine groups is 1. The predicted molar refractivity (Wildman–Crippen MR) is 70.0 cm³/mol. The van der Waals surface area contributed by atoms with Crippen molar-refractivity contribution in [2.75, 3.05) is 6.54 Å². The molecule has 1 aromatic heterocycles. The number of hydrogen-bond acceptors (Lipinski definition) is 4. The highest BCUT2D eigenvalue weighted by Gasteiger charge is 2.12. The summed E-state index contributed by atoms with van der Waals surface area (Å²) in [6.45, 7) is 2.79. The number of unbranched alkanes of at least 4 members (excludes halogenated alkanes) is 3. The molecular formula is C12H18N2O3S. The minimum Gasteiger partial charge on any atom is -0.352 e. The van der Waals surface area contributed by atoms with Crippen molar-refractivity contribution >= 4 is 23.2 Å². The molecule has 0 saturated heterocycles. The Labute approximate surface area is 110 Å². The Morgan fingerprint density at radius 1 is 1.28 bits per heavy atom. The van der Waals surface area contributed by atoms with E-state index in [2.05, 4.69) is 12.2 Å². The quantitative estimate of drug-likeness (QED) is 0.403. The molecule has 1 aromatic rings. The molecule has 0 unspecified atom stereocenters. The van der Waals surface area contributed by atoms with Crippen molar-refractivity contribution in [1.29, 1.82) is 0 Å². The molecule has 0 spiro atoms. The molecule has 0 bridgehead atoms. The third-order valence-corrected chi connectivity index (χ3v) is 3.43. The Kier molecular flexibility index (Phi) is 6.38.